The van der Waals surface area contributed by atoms with Crippen molar-refractivity contribution in [2.75, 3.05) is 13.2 Å². The lowest BCUT2D eigenvalue weighted by Gasteiger charge is -2.09. The Balaban J connectivity index is 2.59. The van der Waals surface area contributed by atoms with E-state index in [1.165, 1.54) is 6.07 Å². The molecular weight excluding hydrogens is 248 g/mol. The molecule has 0 heterocycles. The molecule has 0 aromatic heterocycles. The van der Waals surface area contributed by atoms with Crippen molar-refractivity contribution >= 4 is 0 Å². The second-order valence-corrected chi connectivity index (χ2v) is 4.47. The van der Waals surface area contributed by atoms with E-state index in [-0.39, 0.29) is 12.3 Å². The first-order chi connectivity index (χ1) is 9.21. The zero-order valence-electron chi connectivity index (χ0n) is 11.3. The number of hydrogen-bond acceptors (Lipinski definition) is 2. The van der Waals surface area contributed by atoms with Gasteiger partial charge in [0.2, 0.25) is 0 Å². The fraction of sp³-hybridized carbons (Fsp3) is 0.467. The first-order valence-electron chi connectivity index (χ1n) is 6.60. The molecule has 0 saturated heterocycles. The maximum absolute atomic E-state index is 13.7. The van der Waals surface area contributed by atoms with Crippen LogP contribution in [0.2, 0.25) is 0 Å². The van der Waals surface area contributed by atoms with Gasteiger partial charge < -0.3 is 10.5 Å². The predicted molar refractivity (Wildman–Crippen MR) is 73.4 cm³/mol. The van der Waals surface area contributed by atoms with E-state index in [2.05, 4.69) is 6.92 Å². The Kier molecular flexibility index (Phi) is 7.11. The average Bonchev–Trinajstić information content (AvgIpc) is 2.42. The summed E-state index contributed by atoms with van der Waals surface area (Å²) in [7, 11) is 0. The van der Waals surface area contributed by atoms with Crippen LogP contribution >= 0.6 is 0 Å². The molecule has 0 saturated carbocycles. The number of rotatable bonds is 8. The normalized spacial score (nSPS) is 11.7. The first-order valence-corrected chi connectivity index (χ1v) is 6.60. The quantitative estimate of drug-likeness (QED) is 0.729. The molecule has 0 bridgehead atoms. The van der Waals surface area contributed by atoms with Crippen LogP contribution in [0.1, 0.15) is 31.7 Å². The molecule has 0 unspecified atom stereocenters. The highest BCUT2D eigenvalue weighted by Gasteiger charge is 2.06. The van der Waals surface area contributed by atoms with Crippen molar-refractivity contribution in [3.63, 3.8) is 0 Å². The van der Waals surface area contributed by atoms with E-state index in [0.717, 1.165) is 19.3 Å². The second-order valence-electron chi connectivity index (χ2n) is 4.47. The Morgan fingerprint density at radius 1 is 1.37 bits per heavy atom. The third kappa shape index (κ3) is 5.39. The van der Waals surface area contributed by atoms with Gasteiger partial charge in [-0.15, -0.1) is 0 Å². The highest BCUT2D eigenvalue weighted by atomic mass is 19.1. The van der Waals surface area contributed by atoms with Crippen LogP contribution in [-0.2, 0) is 6.42 Å². The lowest BCUT2D eigenvalue weighted by molar-refractivity contribution is 0.291. The van der Waals surface area contributed by atoms with Crippen LogP contribution < -0.4 is 10.5 Å². The SMILES string of the molecule is CCCCCOc1ccc(C/C(=C\F)CN)cc1F. The number of unbranched alkanes of at least 4 members (excludes halogenated alkanes) is 2. The van der Waals surface area contributed by atoms with Crippen LogP contribution in [-0.4, -0.2) is 13.2 Å². The Hall–Kier alpha value is -1.42. The average molecular weight is 269 g/mol. The third-order valence-electron chi connectivity index (χ3n) is 2.85. The molecule has 0 fully saturated rings. The molecule has 106 valence electrons. The number of nitrogens with two attached hydrogens (primary N) is 1. The van der Waals surface area contributed by atoms with Crippen LogP contribution in [0.4, 0.5) is 8.78 Å². The number of halogens is 2. The Morgan fingerprint density at radius 3 is 2.74 bits per heavy atom. The van der Waals surface area contributed by atoms with E-state index in [1.54, 1.807) is 12.1 Å². The summed E-state index contributed by atoms with van der Waals surface area (Å²) in [5.41, 5.74) is 6.50. The van der Waals surface area contributed by atoms with E-state index in [4.69, 9.17) is 10.5 Å². The lowest BCUT2D eigenvalue weighted by Crippen LogP contribution is -2.06. The molecular formula is C15H21F2NO. The summed E-state index contributed by atoms with van der Waals surface area (Å²) >= 11 is 0. The van der Waals surface area contributed by atoms with Gasteiger partial charge in [0.25, 0.3) is 0 Å². The molecule has 0 radical (unpaired) electrons. The van der Waals surface area contributed by atoms with Crippen LogP contribution in [0, 0.1) is 5.82 Å². The summed E-state index contributed by atoms with van der Waals surface area (Å²) in [6.45, 7) is 2.75. The van der Waals surface area contributed by atoms with Crippen molar-refractivity contribution in [3.8, 4) is 5.75 Å². The van der Waals surface area contributed by atoms with Gasteiger partial charge in [-0.3, -0.25) is 0 Å². The Labute approximate surface area is 113 Å². The molecule has 1 aromatic carbocycles. The van der Waals surface area contributed by atoms with Crippen molar-refractivity contribution in [1.29, 1.82) is 0 Å². The van der Waals surface area contributed by atoms with Crippen molar-refractivity contribution in [2.24, 2.45) is 5.73 Å². The van der Waals surface area contributed by atoms with Crippen molar-refractivity contribution in [3.05, 3.63) is 41.5 Å². The highest BCUT2D eigenvalue weighted by Crippen LogP contribution is 2.20. The van der Waals surface area contributed by atoms with Gasteiger partial charge in [-0.25, -0.2) is 8.78 Å². The summed E-state index contributed by atoms with van der Waals surface area (Å²) in [6, 6.07) is 4.69. The van der Waals surface area contributed by atoms with E-state index in [9.17, 15) is 8.78 Å². The molecule has 1 aromatic rings. The van der Waals surface area contributed by atoms with Gasteiger partial charge in [0.15, 0.2) is 11.6 Å². The molecule has 1 rings (SSSR count). The zero-order valence-corrected chi connectivity index (χ0v) is 11.3. The lowest BCUT2D eigenvalue weighted by atomic mass is 10.1. The molecule has 19 heavy (non-hydrogen) atoms. The van der Waals surface area contributed by atoms with Crippen molar-refractivity contribution < 1.29 is 13.5 Å². The molecule has 4 heteroatoms. The van der Waals surface area contributed by atoms with Gasteiger partial charge >= 0.3 is 0 Å². The van der Waals surface area contributed by atoms with Crippen LogP contribution in [0.15, 0.2) is 30.1 Å². The van der Waals surface area contributed by atoms with E-state index < -0.39 is 5.82 Å². The minimum absolute atomic E-state index is 0.132. The maximum atomic E-state index is 13.7. The number of benzene rings is 1. The highest BCUT2D eigenvalue weighted by molar-refractivity contribution is 5.31. The van der Waals surface area contributed by atoms with Crippen LogP contribution in [0.5, 0.6) is 5.75 Å². The minimum Gasteiger partial charge on any atom is -0.491 e. The maximum Gasteiger partial charge on any atom is 0.165 e. The van der Waals surface area contributed by atoms with Gasteiger partial charge in [0, 0.05) is 6.54 Å². The zero-order chi connectivity index (χ0) is 14.1. The summed E-state index contributed by atoms with van der Waals surface area (Å²) in [5.74, 6) is -0.164. The van der Waals surface area contributed by atoms with Crippen molar-refractivity contribution in [1.82, 2.24) is 0 Å². The van der Waals surface area contributed by atoms with Gasteiger partial charge in [-0.2, -0.15) is 0 Å². The smallest absolute Gasteiger partial charge is 0.165 e. The number of ether oxygens (including phenoxy) is 1. The molecule has 0 aliphatic carbocycles. The molecule has 2 nitrogen and oxygen atoms in total. The second kappa shape index (κ2) is 8.64. The molecule has 0 aliphatic heterocycles. The monoisotopic (exact) mass is 269 g/mol. The molecule has 0 aliphatic rings. The standard InChI is InChI=1S/C15H21F2NO/c1-2-3-4-7-19-15-6-5-12(9-14(15)17)8-13(10-16)11-18/h5-6,9-10H,2-4,7-8,11,18H2,1H3/b13-10+. The largest absolute Gasteiger partial charge is 0.491 e. The van der Waals surface area contributed by atoms with E-state index in [0.29, 0.717) is 30.5 Å². The fourth-order valence-electron chi connectivity index (χ4n) is 1.72. The Morgan fingerprint density at radius 2 is 2.16 bits per heavy atom. The summed E-state index contributed by atoms with van der Waals surface area (Å²) in [4.78, 5) is 0. The van der Waals surface area contributed by atoms with E-state index >= 15 is 0 Å². The van der Waals surface area contributed by atoms with Gasteiger partial charge in [-0.1, -0.05) is 25.8 Å². The Bertz CT molecular complexity index is 419. The number of hydrogen-bond donors (Lipinski definition) is 1. The minimum atomic E-state index is -0.413. The van der Waals surface area contributed by atoms with Crippen molar-refractivity contribution in [2.45, 2.75) is 32.6 Å². The summed E-state index contributed by atoms with van der Waals surface area (Å²) in [6.07, 6.45) is 3.88. The molecule has 2 N–H and O–H groups in total. The topological polar surface area (TPSA) is 35.2 Å². The molecule has 0 atom stereocenters. The fourth-order valence-corrected chi connectivity index (χ4v) is 1.72. The van der Waals surface area contributed by atoms with Crippen LogP contribution in [0.3, 0.4) is 0 Å². The summed E-state index contributed by atoms with van der Waals surface area (Å²) in [5, 5.41) is 0. The van der Waals surface area contributed by atoms with Gasteiger partial charge in [0.1, 0.15) is 0 Å². The molecule has 0 amide bonds. The van der Waals surface area contributed by atoms with Gasteiger partial charge in [0.05, 0.1) is 12.9 Å². The van der Waals surface area contributed by atoms with Crippen LogP contribution in [0.25, 0.3) is 0 Å². The first kappa shape index (κ1) is 15.6. The van der Waals surface area contributed by atoms with E-state index in [1.807, 2.05) is 0 Å². The third-order valence-corrected chi connectivity index (χ3v) is 2.85. The molecule has 0 spiro atoms. The summed E-state index contributed by atoms with van der Waals surface area (Å²) < 4.78 is 31.5. The van der Waals surface area contributed by atoms with Gasteiger partial charge in [-0.05, 0) is 36.1 Å². The predicted octanol–water partition coefficient (Wildman–Crippen LogP) is 3.75.